The van der Waals surface area contributed by atoms with Crippen LogP contribution in [0.5, 0.6) is 0 Å². The number of amides is 2. The van der Waals surface area contributed by atoms with Crippen LogP contribution in [0.2, 0.25) is 5.02 Å². The zero-order valence-electron chi connectivity index (χ0n) is 20.5. The fraction of sp³-hybridized carbons (Fsp3) is 0.280. The molecule has 2 aromatic heterocycles. The number of carbonyl (C=O) groups is 2. The summed E-state index contributed by atoms with van der Waals surface area (Å²) in [5.41, 5.74) is 2.89. The van der Waals surface area contributed by atoms with E-state index in [9.17, 15) is 22.8 Å². The van der Waals surface area contributed by atoms with Crippen LogP contribution in [0, 0.1) is 32.6 Å². The number of aromatic nitrogens is 4. The summed E-state index contributed by atoms with van der Waals surface area (Å²) in [5.74, 6) is 4.75. The molecule has 4 rings (SSSR count). The van der Waals surface area contributed by atoms with Gasteiger partial charge in [-0.05, 0) is 50.6 Å². The van der Waals surface area contributed by atoms with Gasteiger partial charge >= 0.3 is 6.18 Å². The highest BCUT2D eigenvalue weighted by Crippen LogP contribution is 2.31. The minimum atomic E-state index is -4.74. The third-order valence-corrected chi connectivity index (χ3v) is 5.96. The summed E-state index contributed by atoms with van der Waals surface area (Å²) >= 11 is 6.16. The van der Waals surface area contributed by atoms with Gasteiger partial charge < -0.3 is 0 Å². The van der Waals surface area contributed by atoms with E-state index in [0.29, 0.717) is 27.7 Å². The van der Waals surface area contributed by atoms with Crippen LogP contribution in [-0.4, -0.2) is 44.3 Å². The Kier molecular flexibility index (Phi) is 7.50. The number of hydrogen-bond donors (Lipinski definition) is 1. The van der Waals surface area contributed by atoms with Crippen molar-refractivity contribution >= 4 is 35.1 Å². The van der Waals surface area contributed by atoms with Gasteiger partial charge in [-0.15, -0.1) is 0 Å². The fourth-order valence-corrected chi connectivity index (χ4v) is 3.79. The summed E-state index contributed by atoms with van der Waals surface area (Å²) in [7, 11) is 0. The molecule has 0 bridgehead atoms. The number of nitrogens with one attached hydrogen (secondary N) is 1. The molecule has 9 nitrogen and oxygen atoms in total. The third kappa shape index (κ3) is 6.00. The summed E-state index contributed by atoms with van der Waals surface area (Å²) in [5, 5.41) is 1.44. The van der Waals surface area contributed by atoms with Crippen molar-refractivity contribution in [2.24, 2.45) is 0 Å². The normalized spacial score (nSPS) is 15.1. The SMILES string of the molecule is Cc1cc(C(F)(F)F)nc(N2NC(=O)CC2C(=O)N(CC#Cc2cnc(C)nc2)c2ccc(Cl)c(C)c2)n1. The Hall–Kier alpha value is -4.24. The lowest BCUT2D eigenvalue weighted by molar-refractivity contribution is -0.141. The van der Waals surface area contributed by atoms with Crippen LogP contribution < -0.4 is 15.3 Å². The summed E-state index contributed by atoms with van der Waals surface area (Å²) in [6.07, 6.45) is -1.97. The van der Waals surface area contributed by atoms with Crippen molar-refractivity contribution in [2.45, 2.75) is 39.4 Å². The number of hydrazine groups is 1. The van der Waals surface area contributed by atoms with E-state index in [1.54, 1.807) is 44.4 Å². The second-order valence-electron chi connectivity index (χ2n) is 8.50. The van der Waals surface area contributed by atoms with Crippen LogP contribution in [0.25, 0.3) is 0 Å². The van der Waals surface area contributed by atoms with Crippen LogP contribution in [0.4, 0.5) is 24.8 Å². The van der Waals surface area contributed by atoms with Gasteiger partial charge in [0.05, 0.1) is 18.5 Å². The molecule has 1 N–H and O–H groups in total. The van der Waals surface area contributed by atoms with Crippen molar-refractivity contribution in [3.8, 4) is 11.8 Å². The molecule has 13 heteroatoms. The van der Waals surface area contributed by atoms with Crippen molar-refractivity contribution in [2.75, 3.05) is 16.5 Å². The van der Waals surface area contributed by atoms with E-state index in [1.165, 1.54) is 11.8 Å². The smallest absolute Gasteiger partial charge is 0.299 e. The number of nitrogens with zero attached hydrogens (tertiary/aromatic N) is 6. The van der Waals surface area contributed by atoms with E-state index >= 15 is 0 Å². The Morgan fingerprint density at radius 2 is 1.89 bits per heavy atom. The number of aryl methyl sites for hydroxylation is 3. The number of benzene rings is 1. The predicted octanol–water partition coefficient (Wildman–Crippen LogP) is 3.56. The van der Waals surface area contributed by atoms with Gasteiger partial charge in [0.15, 0.2) is 0 Å². The molecule has 196 valence electrons. The molecule has 0 aliphatic carbocycles. The van der Waals surface area contributed by atoms with Crippen LogP contribution in [0.15, 0.2) is 36.7 Å². The summed E-state index contributed by atoms with van der Waals surface area (Å²) < 4.78 is 40.1. The van der Waals surface area contributed by atoms with E-state index in [4.69, 9.17) is 11.6 Å². The molecule has 0 saturated carbocycles. The lowest BCUT2D eigenvalue weighted by Crippen LogP contribution is -2.50. The molecule has 1 fully saturated rings. The van der Waals surface area contributed by atoms with Crippen LogP contribution in [0.3, 0.4) is 0 Å². The average Bonchev–Trinajstić information content (AvgIpc) is 3.25. The Balaban J connectivity index is 1.70. The van der Waals surface area contributed by atoms with Crippen molar-refractivity contribution in [1.82, 2.24) is 25.4 Å². The van der Waals surface area contributed by atoms with Gasteiger partial charge in [0.25, 0.3) is 5.91 Å². The van der Waals surface area contributed by atoms with Gasteiger partial charge in [0.1, 0.15) is 17.6 Å². The molecule has 2 amide bonds. The Morgan fingerprint density at radius 3 is 2.55 bits per heavy atom. The van der Waals surface area contributed by atoms with E-state index in [-0.39, 0.29) is 18.7 Å². The number of rotatable bonds is 4. The minimum Gasteiger partial charge on any atom is -0.299 e. The zero-order chi connectivity index (χ0) is 27.6. The molecule has 1 atom stereocenters. The molecule has 1 aromatic carbocycles. The van der Waals surface area contributed by atoms with Gasteiger partial charge in [-0.2, -0.15) is 13.2 Å². The highest BCUT2D eigenvalue weighted by atomic mass is 35.5. The number of alkyl halides is 3. The first-order valence-corrected chi connectivity index (χ1v) is 11.7. The molecule has 3 aromatic rings. The molecular formula is C25H21ClF3N7O2. The second-order valence-corrected chi connectivity index (χ2v) is 8.90. The molecule has 1 saturated heterocycles. The highest BCUT2D eigenvalue weighted by molar-refractivity contribution is 6.31. The number of carbonyl (C=O) groups excluding carboxylic acids is 2. The molecule has 3 heterocycles. The summed E-state index contributed by atoms with van der Waals surface area (Å²) in [6.45, 7) is 4.76. The number of hydrogen-bond acceptors (Lipinski definition) is 7. The highest BCUT2D eigenvalue weighted by Gasteiger charge is 2.41. The van der Waals surface area contributed by atoms with Crippen molar-refractivity contribution in [3.63, 3.8) is 0 Å². The molecule has 1 aliphatic heterocycles. The van der Waals surface area contributed by atoms with E-state index in [0.717, 1.165) is 11.1 Å². The molecule has 1 aliphatic rings. The quantitative estimate of drug-likeness (QED) is 0.502. The predicted molar refractivity (Wildman–Crippen MR) is 133 cm³/mol. The first kappa shape index (κ1) is 26.8. The zero-order valence-corrected chi connectivity index (χ0v) is 21.2. The number of anilines is 2. The van der Waals surface area contributed by atoms with Crippen molar-refractivity contribution < 1.29 is 22.8 Å². The maximum absolute atomic E-state index is 13.8. The maximum Gasteiger partial charge on any atom is 0.433 e. The van der Waals surface area contributed by atoms with Gasteiger partial charge in [0, 0.05) is 28.8 Å². The van der Waals surface area contributed by atoms with Gasteiger partial charge in [-0.25, -0.2) is 24.9 Å². The lowest BCUT2D eigenvalue weighted by atomic mass is 10.1. The van der Waals surface area contributed by atoms with Crippen molar-refractivity contribution in [1.29, 1.82) is 0 Å². The molecule has 0 radical (unpaired) electrons. The Morgan fingerprint density at radius 1 is 1.18 bits per heavy atom. The van der Waals surface area contributed by atoms with E-state index < -0.39 is 35.7 Å². The molecule has 0 spiro atoms. The fourth-order valence-electron chi connectivity index (χ4n) is 3.67. The monoisotopic (exact) mass is 543 g/mol. The largest absolute Gasteiger partial charge is 0.433 e. The number of halogens is 4. The second kappa shape index (κ2) is 10.6. The summed E-state index contributed by atoms with van der Waals surface area (Å²) in [6, 6.07) is 4.46. The van der Waals surface area contributed by atoms with Crippen molar-refractivity contribution in [3.05, 3.63) is 70.0 Å². The Labute approximate surface area is 221 Å². The lowest BCUT2D eigenvalue weighted by Gasteiger charge is -2.29. The van der Waals surface area contributed by atoms with Crippen LogP contribution in [-0.2, 0) is 15.8 Å². The minimum absolute atomic E-state index is 0.0195. The summed E-state index contributed by atoms with van der Waals surface area (Å²) in [4.78, 5) is 43.2. The first-order chi connectivity index (χ1) is 17.9. The van der Waals surface area contributed by atoms with E-state index in [1.807, 2.05) is 0 Å². The standard InChI is InChI=1S/C25H21ClF3N7O2/c1-14-9-18(6-7-19(14)26)35(8-4-5-17-12-30-16(3)31-13-17)23(38)20-11-22(37)34-36(20)24-32-15(2)10-21(33-24)25(27,28)29/h6-7,9-10,12-13,20H,8,11H2,1-3H3,(H,34,37). The Bertz CT molecular complexity index is 1450. The van der Waals surface area contributed by atoms with Crippen LogP contribution in [0.1, 0.15) is 34.8 Å². The molecule has 1 unspecified atom stereocenters. The van der Waals surface area contributed by atoms with Gasteiger partial charge in [0.2, 0.25) is 11.9 Å². The topological polar surface area (TPSA) is 104 Å². The third-order valence-electron chi connectivity index (χ3n) is 5.54. The average molecular weight is 544 g/mol. The van der Waals surface area contributed by atoms with E-state index in [2.05, 4.69) is 37.2 Å². The molecule has 38 heavy (non-hydrogen) atoms. The maximum atomic E-state index is 13.8. The van der Waals surface area contributed by atoms with Gasteiger partial charge in [-0.3, -0.25) is 19.9 Å². The van der Waals surface area contributed by atoms with Gasteiger partial charge in [-0.1, -0.05) is 23.4 Å². The van der Waals surface area contributed by atoms with Crippen LogP contribution >= 0.6 is 11.6 Å². The first-order valence-electron chi connectivity index (χ1n) is 11.3. The molecular weight excluding hydrogens is 523 g/mol.